The van der Waals surface area contributed by atoms with E-state index in [1.165, 1.54) is 0 Å². The smallest absolute Gasteiger partial charge is 0.255 e. The van der Waals surface area contributed by atoms with Gasteiger partial charge in [-0.05, 0) is 62.6 Å². The molecular weight excluding hydrogens is 346 g/mol. The van der Waals surface area contributed by atoms with Crippen molar-refractivity contribution in [1.82, 2.24) is 9.78 Å². The lowest BCUT2D eigenvalue weighted by atomic mass is 10.1. The molecule has 0 unspecified atom stereocenters. The molecule has 0 aliphatic rings. The Bertz CT molecular complexity index is 975. The molecule has 26 heavy (non-hydrogen) atoms. The van der Waals surface area contributed by atoms with Gasteiger partial charge in [-0.1, -0.05) is 35.9 Å². The van der Waals surface area contributed by atoms with Gasteiger partial charge in [0.1, 0.15) is 0 Å². The van der Waals surface area contributed by atoms with E-state index in [1.807, 2.05) is 74.8 Å². The Balaban J connectivity index is 1.81. The zero-order valence-corrected chi connectivity index (χ0v) is 16.2. The first-order chi connectivity index (χ1) is 12.4. The van der Waals surface area contributed by atoms with E-state index in [0.29, 0.717) is 17.1 Å². The summed E-state index contributed by atoms with van der Waals surface area (Å²) in [6.07, 6.45) is 0. The first-order valence-corrected chi connectivity index (χ1v) is 8.90. The number of amides is 1. The summed E-state index contributed by atoms with van der Waals surface area (Å²) < 4.78 is 1.86. The molecule has 3 aromatic rings. The van der Waals surface area contributed by atoms with Gasteiger partial charge in [-0.15, -0.1) is 0 Å². The van der Waals surface area contributed by atoms with Crippen molar-refractivity contribution < 1.29 is 4.79 Å². The van der Waals surface area contributed by atoms with Gasteiger partial charge in [-0.3, -0.25) is 9.48 Å². The van der Waals surface area contributed by atoms with E-state index in [9.17, 15) is 4.79 Å². The first-order valence-electron chi connectivity index (χ1n) is 8.53. The molecule has 0 atom stereocenters. The first kappa shape index (κ1) is 18.2. The number of carbonyl (C=O) groups excluding carboxylic acids is 1. The summed E-state index contributed by atoms with van der Waals surface area (Å²) in [4.78, 5) is 12.7. The second-order valence-electron chi connectivity index (χ2n) is 6.54. The molecule has 5 heteroatoms. The van der Waals surface area contributed by atoms with E-state index in [0.717, 1.165) is 33.8 Å². The number of aromatic nitrogens is 2. The number of rotatable bonds is 4. The number of hydrogen-bond donors (Lipinski definition) is 1. The Morgan fingerprint density at radius 3 is 2.54 bits per heavy atom. The number of anilines is 1. The van der Waals surface area contributed by atoms with E-state index in [-0.39, 0.29) is 5.91 Å². The molecule has 0 radical (unpaired) electrons. The second kappa shape index (κ2) is 7.34. The number of benzene rings is 2. The summed E-state index contributed by atoms with van der Waals surface area (Å²) in [5, 5.41) is 8.14. The normalized spacial score (nSPS) is 10.8. The average molecular weight is 368 g/mol. The van der Waals surface area contributed by atoms with Crippen LogP contribution in [0.2, 0.25) is 5.02 Å². The molecule has 1 aromatic heterocycles. The molecule has 0 bridgehead atoms. The zero-order valence-electron chi connectivity index (χ0n) is 15.4. The molecule has 0 aliphatic carbocycles. The van der Waals surface area contributed by atoms with Crippen LogP contribution in [0.4, 0.5) is 5.69 Å². The van der Waals surface area contributed by atoms with Gasteiger partial charge < -0.3 is 5.32 Å². The van der Waals surface area contributed by atoms with Crippen molar-refractivity contribution in [2.24, 2.45) is 0 Å². The van der Waals surface area contributed by atoms with Crippen LogP contribution in [0.25, 0.3) is 0 Å². The third-order valence-corrected chi connectivity index (χ3v) is 5.21. The number of nitrogens with one attached hydrogen (secondary N) is 1. The molecule has 4 nitrogen and oxygen atoms in total. The molecule has 0 spiro atoms. The minimum absolute atomic E-state index is 0.119. The van der Waals surface area contributed by atoms with Gasteiger partial charge in [-0.25, -0.2) is 0 Å². The molecule has 3 rings (SSSR count). The standard InChI is InChI=1S/C21H22ClN3O/c1-13-7-5-10-19(14(13)2)23-21(26)18-9-6-8-17(11-18)12-25-16(4)20(22)15(3)24-25/h5-11H,12H2,1-4H3,(H,23,26). The van der Waals surface area contributed by atoms with Crippen LogP contribution in [0, 0.1) is 27.7 Å². The largest absolute Gasteiger partial charge is 0.322 e. The molecule has 0 saturated heterocycles. The van der Waals surface area contributed by atoms with Crippen LogP contribution >= 0.6 is 11.6 Å². The molecule has 1 N–H and O–H groups in total. The zero-order chi connectivity index (χ0) is 18.8. The highest BCUT2D eigenvalue weighted by Gasteiger charge is 2.12. The third kappa shape index (κ3) is 3.65. The van der Waals surface area contributed by atoms with Crippen molar-refractivity contribution in [2.75, 3.05) is 5.32 Å². The quantitative estimate of drug-likeness (QED) is 0.699. The van der Waals surface area contributed by atoms with Crippen LogP contribution in [0.1, 0.15) is 38.4 Å². The third-order valence-electron chi connectivity index (χ3n) is 4.67. The predicted octanol–water partition coefficient (Wildman–Crippen LogP) is 5.07. The Hall–Kier alpha value is -2.59. The highest BCUT2D eigenvalue weighted by atomic mass is 35.5. The Morgan fingerprint density at radius 1 is 1.12 bits per heavy atom. The van der Waals surface area contributed by atoms with Crippen LogP contribution < -0.4 is 5.32 Å². The average Bonchev–Trinajstić information content (AvgIpc) is 2.86. The number of aryl methyl sites for hydroxylation is 2. The predicted molar refractivity (Wildman–Crippen MR) is 106 cm³/mol. The SMILES string of the molecule is Cc1cccc(NC(=O)c2cccc(Cn3nc(C)c(Cl)c3C)c2)c1C. The highest BCUT2D eigenvalue weighted by molar-refractivity contribution is 6.31. The molecule has 0 fully saturated rings. The van der Waals surface area contributed by atoms with E-state index < -0.39 is 0 Å². The van der Waals surface area contributed by atoms with Gasteiger partial charge >= 0.3 is 0 Å². The lowest BCUT2D eigenvalue weighted by Gasteiger charge is -2.11. The molecule has 0 saturated carbocycles. The van der Waals surface area contributed by atoms with Gasteiger partial charge in [0, 0.05) is 11.3 Å². The van der Waals surface area contributed by atoms with Crippen LogP contribution in [-0.4, -0.2) is 15.7 Å². The highest BCUT2D eigenvalue weighted by Crippen LogP contribution is 2.21. The molecule has 134 valence electrons. The van der Waals surface area contributed by atoms with Crippen molar-refractivity contribution in [3.8, 4) is 0 Å². The van der Waals surface area contributed by atoms with Crippen molar-refractivity contribution in [1.29, 1.82) is 0 Å². The van der Waals surface area contributed by atoms with Gasteiger partial charge in [0.2, 0.25) is 0 Å². The maximum absolute atomic E-state index is 12.7. The van der Waals surface area contributed by atoms with Gasteiger partial charge in [0.25, 0.3) is 5.91 Å². The summed E-state index contributed by atoms with van der Waals surface area (Å²) in [7, 11) is 0. The summed E-state index contributed by atoms with van der Waals surface area (Å²) in [5.74, 6) is -0.119. The summed E-state index contributed by atoms with van der Waals surface area (Å²) >= 11 is 6.22. The van der Waals surface area contributed by atoms with Crippen molar-refractivity contribution in [2.45, 2.75) is 34.2 Å². The molecular formula is C21H22ClN3O. The van der Waals surface area contributed by atoms with Gasteiger partial charge in [0.15, 0.2) is 0 Å². The topological polar surface area (TPSA) is 46.9 Å². The van der Waals surface area contributed by atoms with Crippen molar-refractivity contribution in [3.63, 3.8) is 0 Å². The number of nitrogens with zero attached hydrogens (tertiary/aromatic N) is 2. The van der Waals surface area contributed by atoms with Crippen LogP contribution in [-0.2, 0) is 6.54 Å². The lowest BCUT2D eigenvalue weighted by Crippen LogP contribution is -2.14. The summed E-state index contributed by atoms with van der Waals surface area (Å²) in [5.41, 5.74) is 6.43. The second-order valence-corrected chi connectivity index (χ2v) is 6.92. The van der Waals surface area contributed by atoms with Gasteiger partial charge in [0.05, 0.1) is 23.0 Å². The van der Waals surface area contributed by atoms with Crippen LogP contribution in [0.3, 0.4) is 0 Å². The van der Waals surface area contributed by atoms with E-state index in [1.54, 1.807) is 0 Å². The van der Waals surface area contributed by atoms with E-state index >= 15 is 0 Å². The fourth-order valence-corrected chi connectivity index (χ4v) is 3.03. The van der Waals surface area contributed by atoms with Gasteiger partial charge in [-0.2, -0.15) is 5.10 Å². The number of hydrogen-bond acceptors (Lipinski definition) is 2. The van der Waals surface area contributed by atoms with Crippen molar-refractivity contribution in [3.05, 3.63) is 81.1 Å². The summed E-state index contributed by atoms with van der Waals surface area (Å²) in [6, 6.07) is 13.5. The van der Waals surface area contributed by atoms with Crippen LogP contribution in [0.15, 0.2) is 42.5 Å². The lowest BCUT2D eigenvalue weighted by molar-refractivity contribution is 0.102. The molecule has 2 aromatic carbocycles. The Labute approximate surface area is 158 Å². The molecule has 1 amide bonds. The maximum Gasteiger partial charge on any atom is 0.255 e. The van der Waals surface area contributed by atoms with E-state index in [4.69, 9.17) is 11.6 Å². The molecule has 0 aliphatic heterocycles. The summed E-state index contributed by atoms with van der Waals surface area (Å²) in [6.45, 7) is 8.45. The van der Waals surface area contributed by atoms with Crippen LogP contribution in [0.5, 0.6) is 0 Å². The monoisotopic (exact) mass is 367 g/mol. The maximum atomic E-state index is 12.7. The Kier molecular flexibility index (Phi) is 5.14. The van der Waals surface area contributed by atoms with Crippen molar-refractivity contribution >= 4 is 23.2 Å². The number of carbonyl (C=O) groups is 1. The molecule has 1 heterocycles. The van der Waals surface area contributed by atoms with E-state index in [2.05, 4.69) is 10.4 Å². The number of halogens is 1. The fraction of sp³-hybridized carbons (Fsp3) is 0.238. The minimum Gasteiger partial charge on any atom is -0.322 e. The minimum atomic E-state index is -0.119. The fourth-order valence-electron chi connectivity index (χ4n) is 2.89. The Morgan fingerprint density at radius 2 is 1.85 bits per heavy atom.